The van der Waals surface area contributed by atoms with E-state index in [-0.39, 0.29) is 12.4 Å². The average Bonchev–Trinajstić information content (AvgIpc) is 2.21. The highest BCUT2D eigenvalue weighted by Crippen LogP contribution is 1.84. The topological polar surface area (TPSA) is 64.5 Å². The van der Waals surface area contributed by atoms with Gasteiger partial charge in [-0.2, -0.15) is 0 Å². The van der Waals surface area contributed by atoms with E-state index in [0.29, 0.717) is 13.2 Å². The lowest BCUT2D eigenvalue weighted by Gasteiger charge is -2.05. The molecule has 0 saturated carbocycles. The molecule has 0 saturated heterocycles. The minimum Gasteiger partial charge on any atom is -0.396 e. The fourth-order valence-electron chi connectivity index (χ4n) is 1.15. The zero-order valence-corrected chi connectivity index (χ0v) is 10.2. The molecule has 0 rings (SSSR count). The molecule has 0 heterocycles. The first-order valence-corrected chi connectivity index (χ1v) is 5.55. The quantitative estimate of drug-likeness (QED) is 0.388. The Labute approximate surface area is 98.9 Å². The van der Waals surface area contributed by atoms with Crippen LogP contribution in [0.2, 0.25) is 0 Å². The molecular weight excluding hydrogens is 216 g/mol. The summed E-state index contributed by atoms with van der Waals surface area (Å²) in [6.45, 7) is 4.51. The highest BCUT2D eigenvalue weighted by atomic mass is 35.5. The summed E-state index contributed by atoms with van der Waals surface area (Å²) in [6, 6.07) is 0. The van der Waals surface area contributed by atoms with Crippen molar-refractivity contribution in [3.8, 4) is 0 Å². The summed E-state index contributed by atoms with van der Waals surface area (Å²) in [5.74, 6) is 0. The number of aliphatic hydroxyl groups excluding tert-OH is 2. The van der Waals surface area contributed by atoms with Crippen molar-refractivity contribution >= 4 is 12.4 Å². The second-order valence-corrected chi connectivity index (χ2v) is 3.36. The Morgan fingerprint density at radius 1 is 0.600 bits per heavy atom. The molecule has 4 nitrogen and oxygen atoms in total. The van der Waals surface area contributed by atoms with Gasteiger partial charge in [0.2, 0.25) is 0 Å². The minimum atomic E-state index is 0. The lowest BCUT2D eigenvalue weighted by atomic mass is 10.3. The van der Waals surface area contributed by atoms with E-state index in [1.54, 1.807) is 0 Å². The fourth-order valence-corrected chi connectivity index (χ4v) is 1.15. The van der Waals surface area contributed by atoms with Crippen molar-refractivity contribution in [3.05, 3.63) is 0 Å². The number of hydrogen-bond donors (Lipinski definition) is 4. The van der Waals surface area contributed by atoms with Gasteiger partial charge in [0.15, 0.2) is 0 Å². The van der Waals surface area contributed by atoms with Crippen LogP contribution in [0.15, 0.2) is 0 Å². The summed E-state index contributed by atoms with van der Waals surface area (Å²) in [4.78, 5) is 0. The van der Waals surface area contributed by atoms with Crippen molar-refractivity contribution < 1.29 is 10.2 Å². The smallest absolute Gasteiger partial charge is 0.0431 e. The lowest BCUT2D eigenvalue weighted by molar-refractivity contribution is 0.282. The summed E-state index contributed by atoms with van der Waals surface area (Å²) in [5, 5.41) is 23.6. The summed E-state index contributed by atoms with van der Waals surface area (Å²) in [5.41, 5.74) is 0. The van der Waals surface area contributed by atoms with Gasteiger partial charge in [0.1, 0.15) is 0 Å². The average molecular weight is 241 g/mol. The van der Waals surface area contributed by atoms with Gasteiger partial charge in [0.05, 0.1) is 0 Å². The van der Waals surface area contributed by atoms with Crippen LogP contribution in [0, 0.1) is 0 Å². The first kappa shape index (κ1) is 17.5. The van der Waals surface area contributed by atoms with E-state index in [1.165, 1.54) is 0 Å². The van der Waals surface area contributed by atoms with E-state index >= 15 is 0 Å². The Morgan fingerprint density at radius 2 is 1.00 bits per heavy atom. The van der Waals surface area contributed by atoms with Gasteiger partial charge in [-0.3, -0.25) is 0 Å². The molecule has 0 bridgehead atoms. The van der Waals surface area contributed by atoms with Gasteiger partial charge in [0.25, 0.3) is 0 Å². The number of unbranched alkanes of at least 4 members (excludes halogenated alkanes) is 2. The number of halogens is 1. The summed E-state index contributed by atoms with van der Waals surface area (Å²) >= 11 is 0. The van der Waals surface area contributed by atoms with Crippen molar-refractivity contribution in [1.29, 1.82) is 0 Å². The highest BCUT2D eigenvalue weighted by Gasteiger charge is 1.89. The molecule has 0 aromatic heterocycles. The first-order valence-electron chi connectivity index (χ1n) is 5.55. The molecule has 0 aliphatic heterocycles. The molecule has 0 fully saturated rings. The van der Waals surface area contributed by atoms with Crippen molar-refractivity contribution in [2.45, 2.75) is 25.7 Å². The van der Waals surface area contributed by atoms with Gasteiger partial charge >= 0.3 is 0 Å². The van der Waals surface area contributed by atoms with Crippen LogP contribution in [0.25, 0.3) is 0 Å². The number of nitrogens with one attached hydrogen (secondary N) is 2. The molecule has 0 unspecified atom stereocenters. The Morgan fingerprint density at radius 3 is 1.33 bits per heavy atom. The lowest BCUT2D eigenvalue weighted by Crippen LogP contribution is -2.28. The fraction of sp³-hybridized carbons (Fsp3) is 1.00. The SMILES string of the molecule is Cl.OCCCCNCCNCCCCO. The molecule has 15 heavy (non-hydrogen) atoms. The zero-order chi connectivity index (χ0) is 10.5. The van der Waals surface area contributed by atoms with Gasteiger partial charge in [-0.15, -0.1) is 12.4 Å². The molecule has 0 aromatic rings. The number of rotatable bonds is 11. The Balaban J connectivity index is 0. The number of hydrogen-bond acceptors (Lipinski definition) is 4. The third kappa shape index (κ3) is 16.8. The summed E-state index contributed by atoms with van der Waals surface area (Å²) in [6.07, 6.45) is 3.86. The van der Waals surface area contributed by atoms with Crippen LogP contribution in [0.4, 0.5) is 0 Å². The molecule has 0 aromatic carbocycles. The van der Waals surface area contributed by atoms with Gasteiger partial charge in [-0.1, -0.05) is 0 Å². The molecular formula is C10H25ClN2O2. The molecule has 0 aliphatic rings. The van der Waals surface area contributed by atoms with Crippen molar-refractivity contribution in [2.75, 3.05) is 39.4 Å². The van der Waals surface area contributed by atoms with Crippen LogP contribution in [-0.4, -0.2) is 49.6 Å². The first-order chi connectivity index (χ1) is 6.91. The van der Waals surface area contributed by atoms with Crippen molar-refractivity contribution in [2.24, 2.45) is 0 Å². The van der Waals surface area contributed by atoms with Crippen LogP contribution in [-0.2, 0) is 0 Å². The van der Waals surface area contributed by atoms with E-state index in [2.05, 4.69) is 10.6 Å². The maximum atomic E-state index is 8.53. The maximum Gasteiger partial charge on any atom is 0.0431 e. The van der Waals surface area contributed by atoms with Crippen LogP contribution >= 0.6 is 12.4 Å². The van der Waals surface area contributed by atoms with Gasteiger partial charge in [-0.25, -0.2) is 0 Å². The van der Waals surface area contributed by atoms with Crippen molar-refractivity contribution in [1.82, 2.24) is 10.6 Å². The third-order valence-electron chi connectivity index (χ3n) is 2.00. The van der Waals surface area contributed by atoms with Gasteiger partial charge in [0, 0.05) is 26.3 Å². The Hall–Kier alpha value is 0.130. The van der Waals surface area contributed by atoms with Crippen molar-refractivity contribution in [3.63, 3.8) is 0 Å². The van der Waals surface area contributed by atoms with Crippen LogP contribution in [0.5, 0.6) is 0 Å². The molecule has 0 atom stereocenters. The van der Waals surface area contributed by atoms with E-state index in [1.807, 2.05) is 0 Å². The molecule has 0 amide bonds. The zero-order valence-electron chi connectivity index (χ0n) is 9.37. The molecule has 0 aliphatic carbocycles. The van der Waals surface area contributed by atoms with Crippen LogP contribution in [0.1, 0.15) is 25.7 Å². The minimum absolute atomic E-state index is 0. The normalized spacial score (nSPS) is 10.0. The second-order valence-electron chi connectivity index (χ2n) is 3.36. The summed E-state index contributed by atoms with van der Waals surface area (Å²) in [7, 11) is 0. The molecule has 4 N–H and O–H groups in total. The van der Waals surface area contributed by atoms with Gasteiger partial charge in [-0.05, 0) is 38.8 Å². The predicted octanol–water partition coefficient (Wildman–Crippen LogP) is 0.132. The third-order valence-corrected chi connectivity index (χ3v) is 2.00. The monoisotopic (exact) mass is 240 g/mol. The standard InChI is InChI=1S/C10H24N2O2.ClH/c13-9-3-1-5-11-7-8-12-6-2-4-10-14;/h11-14H,1-10H2;1H. The molecule has 94 valence electrons. The van der Waals surface area contributed by atoms with E-state index in [0.717, 1.165) is 51.9 Å². The number of aliphatic hydroxyl groups is 2. The summed E-state index contributed by atoms with van der Waals surface area (Å²) < 4.78 is 0. The Bertz CT molecular complexity index is 95.4. The van der Waals surface area contributed by atoms with E-state index in [9.17, 15) is 0 Å². The predicted molar refractivity (Wildman–Crippen MR) is 65.6 cm³/mol. The molecule has 0 radical (unpaired) electrons. The maximum absolute atomic E-state index is 8.53. The molecule has 0 spiro atoms. The van der Waals surface area contributed by atoms with E-state index in [4.69, 9.17) is 10.2 Å². The largest absolute Gasteiger partial charge is 0.396 e. The highest BCUT2D eigenvalue weighted by molar-refractivity contribution is 5.85. The molecule has 5 heteroatoms. The van der Waals surface area contributed by atoms with Crippen LogP contribution in [0.3, 0.4) is 0 Å². The van der Waals surface area contributed by atoms with Crippen LogP contribution < -0.4 is 10.6 Å². The second kappa shape index (κ2) is 16.6. The van der Waals surface area contributed by atoms with E-state index < -0.39 is 0 Å². The Kier molecular flexibility index (Phi) is 19.3. The van der Waals surface area contributed by atoms with Gasteiger partial charge < -0.3 is 20.8 Å².